The highest BCUT2D eigenvalue weighted by Crippen LogP contribution is 2.21. The van der Waals surface area contributed by atoms with Gasteiger partial charge < -0.3 is 5.32 Å². The molecule has 27 heavy (non-hydrogen) atoms. The summed E-state index contributed by atoms with van der Waals surface area (Å²) in [5, 5.41) is 11.9. The average molecular weight is 354 g/mol. The fourth-order valence-electron chi connectivity index (χ4n) is 2.80. The van der Waals surface area contributed by atoms with Gasteiger partial charge in [0.15, 0.2) is 5.78 Å². The van der Waals surface area contributed by atoms with Crippen molar-refractivity contribution >= 4 is 11.7 Å². The number of hydrogen-bond acceptors (Lipinski definition) is 3. The quantitative estimate of drug-likeness (QED) is 0.671. The zero-order valence-electron chi connectivity index (χ0n) is 14.6. The van der Waals surface area contributed by atoms with Crippen LogP contribution in [0.4, 0.5) is 0 Å². The minimum absolute atomic E-state index is 0.0571. The zero-order chi connectivity index (χ0) is 19.1. The van der Waals surface area contributed by atoms with E-state index in [9.17, 15) is 9.59 Å². The summed E-state index contributed by atoms with van der Waals surface area (Å²) in [6.07, 6.45) is 0.133. The summed E-state index contributed by atoms with van der Waals surface area (Å²) in [4.78, 5) is 25.3. The Morgan fingerprint density at radius 3 is 1.93 bits per heavy atom. The first-order chi connectivity index (χ1) is 13.2. The Bertz CT molecular complexity index is 905. The van der Waals surface area contributed by atoms with Crippen molar-refractivity contribution in [2.45, 2.75) is 12.5 Å². The molecular formula is C23H18N2O2. The molecule has 0 fully saturated rings. The maximum atomic E-state index is 12.7. The SMILES string of the molecule is N#Cc1ccc([C@@H](CC(=O)c2ccccc2)NC(=O)c2ccccc2)cc1. The summed E-state index contributed by atoms with van der Waals surface area (Å²) in [5.74, 6) is -0.302. The molecule has 0 saturated heterocycles. The maximum absolute atomic E-state index is 12.7. The molecule has 0 heterocycles. The van der Waals surface area contributed by atoms with Crippen molar-refractivity contribution in [1.29, 1.82) is 5.26 Å². The number of ketones is 1. The molecule has 3 aromatic carbocycles. The average Bonchev–Trinajstić information content (AvgIpc) is 2.74. The zero-order valence-corrected chi connectivity index (χ0v) is 14.6. The summed E-state index contributed by atoms with van der Waals surface area (Å²) in [5.41, 5.74) is 2.44. The fourth-order valence-corrected chi connectivity index (χ4v) is 2.80. The van der Waals surface area contributed by atoms with E-state index < -0.39 is 6.04 Å². The van der Waals surface area contributed by atoms with E-state index in [1.54, 1.807) is 60.7 Å². The maximum Gasteiger partial charge on any atom is 0.251 e. The summed E-state index contributed by atoms with van der Waals surface area (Å²) in [6.45, 7) is 0. The van der Waals surface area contributed by atoms with E-state index in [-0.39, 0.29) is 18.1 Å². The second-order valence-corrected chi connectivity index (χ2v) is 6.12. The summed E-state index contributed by atoms with van der Waals surface area (Å²) in [7, 11) is 0. The Kier molecular flexibility index (Phi) is 5.76. The number of Topliss-reactive ketones (excluding diaryl/α,β-unsaturated/α-hetero) is 1. The number of carbonyl (C=O) groups is 2. The van der Waals surface area contributed by atoms with Gasteiger partial charge >= 0.3 is 0 Å². The predicted molar refractivity (Wildman–Crippen MR) is 103 cm³/mol. The molecule has 1 amide bonds. The van der Waals surface area contributed by atoms with Crippen molar-refractivity contribution in [2.24, 2.45) is 0 Å². The van der Waals surface area contributed by atoms with Crippen molar-refractivity contribution in [3.8, 4) is 6.07 Å². The molecule has 4 heteroatoms. The third-order valence-electron chi connectivity index (χ3n) is 4.27. The van der Waals surface area contributed by atoms with Crippen LogP contribution in [0.2, 0.25) is 0 Å². The molecule has 0 spiro atoms. The lowest BCUT2D eigenvalue weighted by Gasteiger charge is -2.19. The van der Waals surface area contributed by atoms with Gasteiger partial charge in [-0.2, -0.15) is 5.26 Å². The molecule has 1 N–H and O–H groups in total. The number of rotatable bonds is 6. The number of hydrogen-bond donors (Lipinski definition) is 1. The highest BCUT2D eigenvalue weighted by molar-refractivity contribution is 5.98. The first-order valence-electron chi connectivity index (χ1n) is 8.61. The molecule has 0 bridgehead atoms. The molecule has 3 rings (SSSR count). The van der Waals surface area contributed by atoms with Crippen LogP contribution in [0.3, 0.4) is 0 Å². The van der Waals surface area contributed by atoms with Gasteiger partial charge in [-0.05, 0) is 29.8 Å². The smallest absolute Gasteiger partial charge is 0.251 e. The van der Waals surface area contributed by atoms with Crippen LogP contribution in [-0.4, -0.2) is 11.7 Å². The van der Waals surface area contributed by atoms with E-state index in [1.165, 1.54) is 0 Å². The topological polar surface area (TPSA) is 70.0 Å². The first kappa shape index (κ1) is 18.1. The molecule has 0 aliphatic rings. The van der Waals surface area contributed by atoms with Gasteiger partial charge in [0.2, 0.25) is 0 Å². The summed E-state index contributed by atoms with van der Waals surface area (Å²) < 4.78 is 0. The number of benzene rings is 3. The van der Waals surface area contributed by atoms with E-state index in [0.717, 1.165) is 5.56 Å². The molecule has 0 aromatic heterocycles. The normalized spacial score (nSPS) is 11.2. The Hall–Kier alpha value is -3.71. The molecule has 0 aliphatic carbocycles. The van der Waals surface area contributed by atoms with Gasteiger partial charge in [0.25, 0.3) is 5.91 Å². The number of carbonyl (C=O) groups excluding carboxylic acids is 2. The van der Waals surface area contributed by atoms with Crippen LogP contribution in [0.1, 0.15) is 44.3 Å². The van der Waals surface area contributed by atoms with Crippen LogP contribution >= 0.6 is 0 Å². The van der Waals surface area contributed by atoms with E-state index in [2.05, 4.69) is 11.4 Å². The third-order valence-corrected chi connectivity index (χ3v) is 4.27. The van der Waals surface area contributed by atoms with Crippen molar-refractivity contribution in [2.75, 3.05) is 0 Å². The molecule has 0 saturated carbocycles. The van der Waals surface area contributed by atoms with Gasteiger partial charge in [0.1, 0.15) is 0 Å². The van der Waals surface area contributed by atoms with Gasteiger partial charge in [0.05, 0.1) is 17.7 Å². The van der Waals surface area contributed by atoms with E-state index >= 15 is 0 Å². The second kappa shape index (κ2) is 8.59. The van der Waals surface area contributed by atoms with Crippen LogP contribution in [0.25, 0.3) is 0 Å². The molecule has 0 aliphatic heterocycles. The lowest BCUT2D eigenvalue weighted by Crippen LogP contribution is -2.30. The van der Waals surface area contributed by atoms with Crippen molar-refractivity contribution in [3.63, 3.8) is 0 Å². The van der Waals surface area contributed by atoms with Crippen LogP contribution in [-0.2, 0) is 0 Å². The van der Waals surface area contributed by atoms with E-state index in [4.69, 9.17) is 5.26 Å². The Morgan fingerprint density at radius 1 is 0.815 bits per heavy atom. The van der Waals surface area contributed by atoms with E-state index in [1.807, 2.05) is 24.3 Å². The van der Waals surface area contributed by atoms with Crippen molar-refractivity contribution in [1.82, 2.24) is 5.32 Å². The predicted octanol–water partition coefficient (Wildman–Crippen LogP) is 4.30. The largest absolute Gasteiger partial charge is 0.345 e. The van der Waals surface area contributed by atoms with E-state index in [0.29, 0.717) is 16.7 Å². The minimum atomic E-state index is -0.488. The number of nitriles is 1. The fraction of sp³-hybridized carbons (Fsp3) is 0.0870. The lowest BCUT2D eigenvalue weighted by molar-refractivity contribution is 0.0912. The molecule has 3 aromatic rings. The Balaban J connectivity index is 1.85. The monoisotopic (exact) mass is 354 g/mol. The highest BCUT2D eigenvalue weighted by Gasteiger charge is 2.20. The van der Waals surface area contributed by atoms with Gasteiger partial charge in [0, 0.05) is 17.5 Å². The van der Waals surface area contributed by atoms with Gasteiger partial charge in [-0.15, -0.1) is 0 Å². The molecule has 0 unspecified atom stereocenters. The lowest BCUT2D eigenvalue weighted by atomic mass is 9.96. The van der Waals surface area contributed by atoms with Crippen LogP contribution in [0, 0.1) is 11.3 Å². The van der Waals surface area contributed by atoms with Gasteiger partial charge in [-0.3, -0.25) is 9.59 Å². The highest BCUT2D eigenvalue weighted by atomic mass is 16.2. The van der Waals surface area contributed by atoms with Gasteiger partial charge in [-0.1, -0.05) is 60.7 Å². The standard InChI is InChI=1S/C23H18N2O2/c24-16-17-11-13-18(14-12-17)21(15-22(26)19-7-3-1-4-8-19)25-23(27)20-9-5-2-6-10-20/h1-14,21H,15H2,(H,25,27)/t21-/m1/s1. The minimum Gasteiger partial charge on any atom is -0.345 e. The summed E-state index contributed by atoms with van der Waals surface area (Å²) >= 11 is 0. The number of nitrogens with zero attached hydrogens (tertiary/aromatic N) is 1. The number of nitrogens with one attached hydrogen (secondary N) is 1. The van der Waals surface area contributed by atoms with Crippen LogP contribution < -0.4 is 5.32 Å². The molecule has 1 atom stereocenters. The molecule has 4 nitrogen and oxygen atoms in total. The van der Waals surface area contributed by atoms with Crippen LogP contribution in [0.5, 0.6) is 0 Å². The Morgan fingerprint density at radius 2 is 1.37 bits per heavy atom. The summed E-state index contributed by atoms with van der Waals surface area (Å²) in [6, 6.07) is 26.4. The Labute approximate surface area is 158 Å². The number of amides is 1. The molecule has 132 valence electrons. The van der Waals surface area contributed by atoms with Crippen molar-refractivity contribution < 1.29 is 9.59 Å². The van der Waals surface area contributed by atoms with Crippen LogP contribution in [0.15, 0.2) is 84.9 Å². The van der Waals surface area contributed by atoms with Crippen molar-refractivity contribution in [3.05, 3.63) is 107 Å². The first-order valence-corrected chi connectivity index (χ1v) is 8.61. The van der Waals surface area contributed by atoms with Gasteiger partial charge in [-0.25, -0.2) is 0 Å². The molecular weight excluding hydrogens is 336 g/mol. The second-order valence-electron chi connectivity index (χ2n) is 6.12. The molecule has 0 radical (unpaired) electrons. The third kappa shape index (κ3) is 4.68.